The van der Waals surface area contributed by atoms with Crippen molar-refractivity contribution in [1.82, 2.24) is 4.90 Å². The van der Waals surface area contributed by atoms with Gasteiger partial charge in [0.1, 0.15) is 0 Å². The van der Waals surface area contributed by atoms with Gasteiger partial charge in [0.05, 0.1) is 11.5 Å². The normalized spacial score (nSPS) is 27.6. The van der Waals surface area contributed by atoms with Crippen LogP contribution in [0.25, 0.3) is 0 Å². The minimum absolute atomic E-state index is 0.0985. The quantitative estimate of drug-likeness (QED) is 0.798. The van der Waals surface area contributed by atoms with Crippen LogP contribution in [0.3, 0.4) is 0 Å². The van der Waals surface area contributed by atoms with Crippen LogP contribution in [0.4, 0.5) is 0 Å². The van der Waals surface area contributed by atoms with Crippen molar-refractivity contribution in [3.63, 3.8) is 0 Å². The Morgan fingerprint density at radius 3 is 2.41 bits per heavy atom. The van der Waals surface area contributed by atoms with Gasteiger partial charge in [-0.05, 0) is 32.7 Å². The summed E-state index contributed by atoms with van der Waals surface area (Å²) in [5.74, 6) is 1.17. The lowest BCUT2D eigenvalue weighted by molar-refractivity contribution is 0.0831. The Morgan fingerprint density at radius 2 is 2.06 bits per heavy atom. The van der Waals surface area contributed by atoms with E-state index >= 15 is 0 Å². The zero-order valence-corrected chi connectivity index (χ0v) is 12.3. The minimum Gasteiger partial charge on any atom is -0.329 e. The van der Waals surface area contributed by atoms with Gasteiger partial charge in [0.2, 0.25) is 0 Å². The van der Waals surface area contributed by atoms with Crippen LogP contribution in [0.15, 0.2) is 0 Å². The Morgan fingerprint density at radius 1 is 1.47 bits per heavy atom. The lowest BCUT2D eigenvalue weighted by Gasteiger charge is -2.42. The lowest BCUT2D eigenvalue weighted by Crippen LogP contribution is -2.55. The molecule has 1 rings (SSSR count). The molecule has 0 aromatic heterocycles. The van der Waals surface area contributed by atoms with E-state index in [0.29, 0.717) is 18.2 Å². The molecule has 0 aromatic carbocycles. The molecule has 2 atom stereocenters. The second-order valence-corrected chi connectivity index (χ2v) is 8.20. The maximum Gasteiger partial charge on any atom is 0.151 e. The molecule has 1 saturated heterocycles. The molecule has 1 aliphatic rings. The van der Waals surface area contributed by atoms with Crippen LogP contribution >= 0.6 is 0 Å². The van der Waals surface area contributed by atoms with Crippen molar-refractivity contribution in [1.29, 1.82) is 0 Å². The largest absolute Gasteiger partial charge is 0.329 e. The third kappa shape index (κ3) is 3.66. The number of rotatable bonds is 5. The monoisotopic (exact) mass is 262 g/mol. The molecule has 4 nitrogen and oxygen atoms in total. The Hall–Kier alpha value is -0.130. The van der Waals surface area contributed by atoms with Crippen molar-refractivity contribution >= 4 is 9.84 Å². The third-order valence-electron chi connectivity index (χ3n) is 3.90. The van der Waals surface area contributed by atoms with Crippen LogP contribution in [0.5, 0.6) is 0 Å². The number of hydrogen-bond donors (Lipinski definition) is 1. The van der Waals surface area contributed by atoms with E-state index in [2.05, 4.69) is 25.7 Å². The van der Waals surface area contributed by atoms with Gasteiger partial charge in [0.25, 0.3) is 0 Å². The van der Waals surface area contributed by atoms with E-state index in [0.717, 1.165) is 12.8 Å². The van der Waals surface area contributed by atoms with Crippen molar-refractivity contribution in [3.8, 4) is 0 Å². The van der Waals surface area contributed by atoms with Gasteiger partial charge in [-0.1, -0.05) is 13.8 Å². The fraction of sp³-hybridized carbons (Fsp3) is 1.00. The van der Waals surface area contributed by atoms with E-state index in [-0.39, 0.29) is 17.3 Å². The Balaban J connectivity index is 2.76. The molecule has 0 amide bonds. The first-order chi connectivity index (χ1) is 7.70. The lowest BCUT2D eigenvalue weighted by atomic mass is 9.88. The summed E-state index contributed by atoms with van der Waals surface area (Å²) < 4.78 is 23.0. The summed E-state index contributed by atoms with van der Waals surface area (Å²) in [4.78, 5) is 2.19. The topological polar surface area (TPSA) is 63.4 Å². The number of likely N-dealkylation sites (N-methyl/N-ethyl adjacent to an activating group) is 1. The maximum atomic E-state index is 11.5. The number of hydrogen-bond acceptors (Lipinski definition) is 4. The van der Waals surface area contributed by atoms with Crippen LogP contribution in [0.1, 0.15) is 33.6 Å². The van der Waals surface area contributed by atoms with Crippen LogP contribution in [0.2, 0.25) is 0 Å². The first-order valence-corrected chi connectivity index (χ1v) is 8.16. The molecule has 5 heteroatoms. The molecule has 0 radical (unpaired) electrons. The Bertz CT molecular complexity index is 354. The molecule has 17 heavy (non-hydrogen) atoms. The number of sulfone groups is 1. The zero-order chi connectivity index (χ0) is 13.3. The second-order valence-electron chi connectivity index (χ2n) is 5.97. The minimum atomic E-state index is -2.82. The van der Waals surface area contributed by atoms with Gasteiger partial charge in [-0.2, -0.15) is 0 Å². The summed E-state index contributed by atoms with van der Waals surface area (Å²) in [5.41, 5.74) is 5.80. The highest BCUT2D eigenvalue weighted by atomic mass is 32.2. The molecule has 0 bridgehead atoms. The molecule has 1 heterocycles. The van der Waals surface area contributed by atoms with E-state index in [1.807, 2.05) is 7.05 Å². The predicted octanol–water partition coefficient (Wildman–Crippen LogP) is 0.869. The molecule has 0 aromatic rings. The standard InChI is InChI=1S/C12H26N2O2S/c1-10(2)7-12(3,9-13)14(4)11-5-6-17(15,16)8-11/h10-11H,5-9,13H2,1-4H3. The van der Waals surface area contributed by atoms with Crippen LogP contribution < -0.4 is 5.73 Å². The molecular weight excluding hydrogens is 236 g/mol. The molecule has 1 fully saturated rings. The molecular formula is C12H26N2O2S. The first-order valence-electron chi connectivity index (χ1n) is 6.33. The van der Waals surface area contributed by atoms with Gasteiger partial charge in [-0.3, -0.25) is 4.90 Å². The van der Waals surface area contributed by atoms with E-state index in [4.69, 9.17) is 5.73 Å². The molecule has 0 spiro atoms. The fourth-order valence-electron chi connectivity index (χ4n) is 2.77. The van der Waals surface area contributed by atoms with E-state index in [1.54, 1.807) is 0 Å². The molecule has 0 saturated carbocycles. The second kappa shape index (κ2) is 5.24. The summed E-state index contributed by atoms with van der Waals surface area (Å²) in [6.45, 7) is 7.05. The fourth-order valence-corrected chi connectivity index (χ4v) is 4.55. The van der Waals surface area contributed by atoms with Crippen LogP contribution in [-0.4, -0.2) is 50.0 Å². The highest BCUT2D eigenvalue weighted by Crippen LogP contribution is 2.28. The molecule has 2 N–H and O–H groups in total. The summed E-state index contributed by atoms with van der Waals surface area (Å²) in [7, 11) is -0.805. The average Bonchev–Trinajstić information content (AvgIpc) is 2.56. The predicted molar refractivity (Wildman–Crippen MR) is 71.7 cm³/mol. The smallest absolute Gasteiger partial charge is 0.151 e. The van der Waals surface area contributed by atoms with E-state index in [1.165, 1.54) is 0 Å². The zero-order valence-electron chi connectivity index (χ0n) is 11.4. The Kier molecular flexibility index (Phi) is 4.60. The van der Waals surface area contributed by atoms with Crippen molar-refractivity contribution in [2.24, 2.45) is 11.7 Å². The van der Waals surface area contributed by atoms with Gasteiger partial charge >= 0.3 is 0 Å². The SMILES string of the molecule is CC(C)CC(C)(CN)N(C)C1CCS(=O)(=O)C1. The van der Waals surface area contributed by atoms with Gasteiger partial charge in [0.15, 0.2) is 9.84 Å². The van der Waals surface area contributed by atoms with Gasteiger partial charge < -0.3 is 5.73 Å². The van der Waals surface area contributed by atoms with Gasteiger partial charge in [-0.15, -0.1) is 0 Å². The van der Waals surface area contributed by atoms with Crippen molar-refractivity contribution < 1.29 is 8.42 Å². The summed E-state index contributed by atoms with van der Waals surface area (Å²) >= 11 is 0. The molecule has 102 valence electrons. The third-order valence-corrected chi connectivity index (χ3v) is 5.65. The highest BCUT2D eigenvalue weighted by molar-refractivity contribution is 7.91. The van der Waals surface area contributed by atoms with Crippen LogP contribution in [-0.2, 0) is 9.84 Å². The maximum absolute atomic E-state index is 11.5. The highest BCUT2D eigenvalue weighted by Gasteiger charge is 2.38. The average molecular weight is 262 g/mol. The first kappa shape index (κ1) is 14.9. The van der Waals surface area contributed by atoms with Gasteiger partial charge in [-0.25, -0.2) is 8.42 Å². The summed E-state index contributed by atoms with van der Waals surface area (Å²) in [6.07, 6.45) is 1.74. The number of nitrogens with two attached hydrogens (primary N) is 1. The van der Waals surface area contributed by atoms with Crippen molar-refractivity contribution in [2.45, 2.75) is 45.2 Å². The summed E-state index contributed by atoms with van der Waals surface area (Å²) in [6, 6.07) is 0.132. The number of nitrogens with zero attached hydrogens (tertiary/aromatic N) is 1. The van der Waals surface area contributed by atoms with Crippen molar-refractivity contribution in [3.05, 3.63) is 0 Å². The molecule has 0 aliphatic carbocycles. The Labute approximate surface area is 105 Å². The van der Waals surface area contributed by atoms with E-state index < -0.39 is 9.84 Å². The molecule has 2 unspecified atom stereocenters. The van der Waals surface area contributed by atoms with E-state index in [9.17, 15) is 8.42 Å². The molecule has 1 aliphatic heterocycles. The van der Waals surface area contributed by atoms with Gasteiger partial charge in [0, 0.05) is 18.1 Å². The summed E-state index contributed by atoms with van der Waals surface area (Å²) in [5, 5.41) is 0. The van der Waals surface area contributed by atoms with Crippen LogP contribution in [0, 0.1) is 5.92 Å². The van der Waals surface area contributed by atoms with Crippen molar-refractivity contribution in [2.75, 3.05) is 25.1 Å².